The summed E-state index contributed by atoms with van der Waals surface area (Å²) in [5.41, 5.74) is 3.04. The molecule has 0 aliphatic rings. The summed E-state index contributed by atoms with van der Waals surface area (Å²) in [6.07, 6.45) is -4.79. The maximum atomic E-state index is 13.3. The van der Waals surface area contributed by atoms with Gasteiger partial charge in [-0.15, -0.1) is 0 Å². The van der Waals surface area contributed by atoms with Crippen molar-refractivity contribution in [1.82, 2.24) is 0 Å². The van der Waals surface area contributed by atoms with E-state index in [1.54, 1.807) is 0 Å². The SMILES string of the molecule is COC(=O)[C@H](N)c1c(F)cccc1C(F)(F)F. The van der Waals surface area contributed by atoms with Crippen LogP contribution in [0.2, 0.25) is 0 Å². The predicted molar refractivity (Wildman–Crippen MR) is 50.3 cm³/mol. The molecule has 0 aliphatic heterocycles. The smallest absolute Gasteiger partial charge is 0.416 e. The fraction of sp³-hybridized carbons (Fsp3) is 0.300. The second-order valence-electron chi connectivity index (χ2n) is 3.20. The molecule has 1 aromatic carbocycles. The zero-order chi connectivity index (χ0) is 13.2. The number of carbonyl (C=O) groups excluding carboxylic acids is 1. The van der Waals surface area contributed by atoms with Crippen molar-refractivity contribution < 1.29 is 27.1 Å². The molecule has 0 bridgehead atoms. The van der Waals surface area contributed by atoms with Crippen LogP contribution in [0, 0.1) is 5.82 Å². The summed E-state index contributed by atoms with van der Waals surface area (Å²) in [4.78, 5) is 11.1. The molecule has 17 heavy (non-hydrogen) atoms. The van der Waals surface area contributed by atoms with Crippen LogP contribution in [0.25, 0.3) is 0 Å². The molecule has 7 heteroatoms. The number of esters is 1. The number of benzene rings is 1. The highest BCUT2D eigenvalue weighted by molar-refractivity contribution is 5.78. The minimum atomic E-state index is -4.79. The number of methoxy groups -OCH3 is 1. The second kappa shape index (κ2) is 4.70. The summed E-state index contributed by atoms with van der Waals surface area (Å²) in [6.45, 7) is 0. The van der Waals surface area contributed by atoms with E-state index in [9.17, 15) is 22.4 Å². The number of ether oxygens (including phenoxy) is 1. The number of alkyl halides is 3. The Bertz CT molecular complexity index is 431. The fourth-order valence-electron chi connectivity index (χ4n) is 1.35. The van der Waals surface area contributed by atoms with E-state index in [4.69, 9.17) is 5.73 Å². The Labute approximate surface area is 94.2 Å². The number of nitrogens with two attached hydrogens (primary N) is 1. The number of carbonyl (C=O) groups is 1. The maximum Gasteiger partial charge on any atom is 0.416 e. The second-order valence-corrected chi connectivity index (χ2v) is 3.20. The molecule has 3 nitrogen and oxygen atoms in total. The number of hydrogen-bond acceptors (Lipinski definition) is 3. The first-order chi connectivity index (χ1) is 7.79. The average molecular weight is 251 g/mol. The van der Waals surface area contributed by atoms with E-state index < -0.39 is 35.1 Å². The standard InChI is InChI=1S/C10H9F4NO2/c1-17-9(16)8(15)7-5(10(12,13)14)3-2-4-6(7)11/h2-4,8H,15H2,1H3/t8-/m1/s1. The van der Waals surface area contributed by atoms with Gasteiger partial charge < -0.3 is 10.5 Å². The minimum Gasteiger partial charge on any atom is -0.468 e. The number of hydrogen-bond donors (Lipinski definition) is 1. The van der Waals surface area contributed by atoms with E-state index in [0.717, 1.165) is 19.2 Å². The van der Waals surface area contributed by atoms with Crippen molar-refractivity contribution in [2.75, 3.05) is 7.11 Å². The van der Waals surface area contributed by atoms with Crippen molar-refractivity contribution in [3.63, 3.8) is 0 Å². The Hall–Kier alpha value is -1.63. The average Bonchev–Trinajstić information content (AvgIpc) is 2.25. The molecule has 0 heterocycles. The van der Waals surface area contributed by atoms with Gasteiger partial charge in [-0.1, -0.05) is 6.07 Å². The lowest BCUT2D eigenvalue weighted by molar-refractivity contribution is -0.144. The summed E-state index contributed by atoms with van der Waals surface area (Å²) in [6, 6.07) is 0.540. The number of halogens is 4. The third-order valence-corrected chi connectivity index (χ3v) is 2.12. The summed E-state index contributed by atoms with van der Waals surface area (Å²) >= 11 is 0. The summed E-state index contributed by atoms with van der Waals surface area (Å²) in [5, 5.41) is 0. The first-order valence-corrected chi connectivity index (χ1v) is 4.48. The molecule has 0 unspecified atom stereocenters. The van der Waals surface area contributed by atoms with Crippen LogP contribution in [0.3, 0.4) is 0 Å². The largest absolute Gasteiger partial charge is 0.468 e. The summed E-state index contributed by atoms with van der Waals surface area (Å²) < 4.78 is 55.3. The highest BCUT2D eigenvalue weighted by Gasteiger charge is 2.37. The van der Waals surface area contributed by atoms with Gasteiger partial charge in [0, 0.05) is 5.56 Å². The molecule has 0 fully saturated rings. The van der Waals surface area contributed by atoms with Crippen molar-refractivity contribution in [3.05, 3.63) is 35.1 Å². The van der Waals surface area contributed by atoms with Crippen LogP contribution in [0.5, 0.6) is 0 Å². The maximum absolute atomic E-state index is 13.3. The van der Waals surface area contributed by atoms with Crippen molar-refractivity contribution in [3.8, 4) is 0 Å². The van der Waals surface area contributed by atoms with Crippen molar-refractivity contribution in [1.29, 1.82) is 0 Å². The predicted octanol–water partition coefficient (Wildman–Crippen LogP) is 2.02. The lowest BCUT2D eigenvalue weighted by Crippen LogP contribution is -2.27. The van der Waals surface area contributed by atoms with E-state index in [0.29, 0.717) is 6.07 Å². The summed E-state index contributed by atoms with van der Waals surface area (Å²) in [5.74, 6) is -2.33. The van der Waals surface area contributed by atoms with Gasteiger partial charge in [0.15, 0.2) is 0 Å². The van der Waals surface area contributed by atoms with Gasteiger partial charge in [-0.25, -0.2) is 4.39 Å². The molecule has 0 amide bonds. The van der Waals surface area contributed by atoms with Crippen molar-refractivity contribution >= 4 is 5.97 Å². The van der Waals surface area contributed by atoms with E-state index in [-0.39, 0.29) is 0 Å². The van der Waals surface area contributed by atoms with Crippen molar-refractivity contribution in [2.24, 2.45) is 5.73 Å². The van der Waals surface area contributed by atoms with E-state index in [1.807, 2.05) is 0 Å². The van der Waals surface area contributed by atoms with Gasteiger partial charge in [0.2, 0.25) is 0 Å². The Kier molecular flexibility index (Phi) is 3.72. The molecule has 0 saturated carbocycles. The quantitative estimate of drug-likeness (QED) is 0.646. The Morgan fingerprint density at radius 3 is 2.47 bits per heavy atom. The third kappa shape index (κ3) is 2.73. The van der Waals surface area contributed by atoms with Gasteiger partial charge in [-0.2, -0.15) is 13.2 Å². The topological polar surface area (TPSA) is 52.3 Å². The Balaban J connectivity index is 3.35. The molecule has 0 spiro atoms. The molecule has 1 atom stereocenters. The molecule has 0 saturated heterocycles. The highest BCUT2D eigenvalue weighted by Crippen LogP contribution is 2.35. The summed E-state index contributed by atoms with van der Waals surface area (Å²) in [7, 11) is 0.955. The van der Waals surface area contributed by atoms with E-state index in [1.165, 1.54) is 0 Å². The van der Waals surface area contributed by atoms with Gasteiger partial charge in [-0.05, 0) is 12.1 Å². The van der Waals surface area contributed by atoms with E-state index in [2.05, 4.69) is 4.74 Å². The van der Waals surface area contributed by atoms with Crippen LogP contribution in [-0.2, 0) is 15.7 Å². The Morgan fingerprint density at radius 1 is 1.41 bits per heavy atom. The molecule has 94 valence electrons. The minimum absolute atomic E-state index is 0.654. The molecule has 0 aliphatic carbocycles. The van der Waals surface area contributed by atoms with Crippen LogP contribution in [-0.4, -0.2) is 13.1 Å². The van der Waals surface area contributed by atoms with Crippen LogP contribution < -0.4 is 5.73 Å². The fourth-order valence-corrected chi connectivity index (χ4v) is 1.35. The van der Waals surface area contributed by atoms with Gasteiger partial charge >= 0.3 is 12.1 Å². The zero-order valence-electron chi connectivity index (χ0n) is 8.72. The molecule has 2 N–H and O–H groups in total. The lowest BCUT2D eigenvalue weighted by Gasteiger charge is -2.17. The van der Waals surface area contributed by atoms with Crippen LogP contribution in [0.4, 0.5) is 17.6 Å². The molecular formula is C10H9F4NO2. The molecule has 1 rings (SSSR count). The molecule has 0 aromatic heterocycles. The van der Waals surface area contributed by atoms with Crippen molar-refractivity contribution in [2.45, 2.75) is 12.2 Å². The van der Waals surface area contributed by atoms with Gasteiger partial charge in [-0.3, -0.25) is 4.79 Å². The first-order valence-electron chi connectivity index (χ1n) is 4.48. The van der Waals surface area contributed by atoms with Crippen LogP contribution in [0.15, 0.2) is 18.2 Å². The zero-order valence-corrected chi connectivity index (χ0v) is 8.72. The third-order valence-electron chi connectivity index (χ3n) is 2.12. The van der Waals surface area contributed by atoms with Crippen LogP contribution >= 0.6 is 0 Å². The Morgan fingerprint density at radius 2 is 2.00 bits per heavy atom. The van der Waals surface area contributed by atoms with Crippen LogP contribution in [0.1, 0.15) is 17.2 Å². The van der Waals surface area contributed by atoms with Gasteiger partial charge in [0.1, 0.15) is 11.9 Å². The first kappa shape index (κ1) is 13.4. The molecule has 0 radical (unpaired) electrons. The van der Waals surface area contributed by atoms with Gasteiger partial charge in [0.25, 0.3) is 0 Å². The monoisotopic (exact) mass is 251 g/mol. The van der Waals surface area contributed by atoms with Gasteiger partial charge in [0.05, 0.1) is 12.7 Å². The normalized spacial score (nSPS) is 13.3. The highest BCUT2D eigenvalue weighted by atomic mass is 19.4. The van der Waals surface area contributed by atoms with E-state index >= 15 is 0 Å². The number of rotatable bonds is 2. The lowest BCUT2D eigenvalue weighted by atomic mass is 10.00. The molecule has 1 aromatic rings. The molecular weight excluding hydrogens is 242 g/mol.